The minimum Gasteiger partial charge on any atom is -0.491 e. The van der Waals surface area contributed by atoms with E-state index in [1.807, 2.05) is 77.9 Å². The number of carbonyl (C=O) groups excluding carboxylic acids is 2. The average molecular weight is 523 g/mol. The highest BCUT2D eigenvalue weighted by Crippen LogP contribution is 2.36. The number of benzene rings is 2. The van der Waals surface area contributed by atoms with Crippen LogP contribution in [-0.4, -0.2) is 61.5 Å². The van der Waals surface area contributed by atoms with Gasteiger partial charge in [-0.1, -0.05) is 44.2 Å². The van der Waals surface area contributed by atoms with Gasteiger partial charge in [-0.05, 0) is 62.3 Å². The minimum atomic E-state index is -0.622. The van der Waals surface area contributed by atoms with Crippen LogP contribution in [0.3, 0.4) is 0 Å². The summed E-state index contributed by atoms with van der Waals surface area (Å²) in [5.41, 5.74) is 2.71. The maximum Gasteiger partial charge on any atom is 0.494 e. The molecule has 8 nitrogen and oxygen atoms in total. The van der Waals surface area contributed by atoms with Crippen molar-refractivity contribution in [2.24, 2.45) is 5.92 Å². The molecule has 0 aliphatic carbocycles. The molecule has 2 heterocycles. The Morgan fingerprint density at radius 1 is 1.03 bits per heavy atom. The summed E-state index contributed by atoms with van der Waals surface area (Å²) < 4.78 is 28.8. The fraction of sp³-hybridized carbons (Fsp3) is 0.517. The van der Waals surface area contributed by atoms with Crippen molar-refractivity contribution in [3.63, 3.8) is 0 Å². The summed E-state index contributed by atoms with van der Waals surface area (Å²) in [7, 11) is 0.960. The highest BCUT2D eigenvalue weighted by molar-refractivity contribution is 6.62. The van der Waals surface area contributed by atoms with Crippen molar-refractivity contribution >= 4 is 24.5 Å². The molecule has 0 aromatic heterocycles. The zero-order chi connectivity index (χ0) is 27.7. The van der Waals surface area contributed by atoms with Crippen LogP contribution in [0.2, 0.25) is 0 Å². The molecule has 1 saturated heterocycles. The molecule has 0 spiro atoms. The van der Waals surface area contributed by atoms with Gasteiger partial charge in [0.15, 0.2) is 0 Å². The predicted octanol–water partition coefficient (Wildman–Crippen LogP) is 3.73. The van der Waals surface area contributed by atoms with Crippen LogP contribution in [0.5, 0.6) is 5.75 Å². The standard InChI is InChI=1S/C29H38BNO7/c1-19(2)25(27(33)34-7)31-17-21-10-13-23(16-24(21)26(31)32)36-15-14-35-18-20-8-11-22(12-9-20)30-37-28(3,4)29(5,6)38-30/h8-13,16,19,25H,14-15,17-18H2,1-7H3/t25-/m0/s1. The van der Waals surface area contributed by atoms with Crippen molar-refractivity contribution in [2.45, 2.75) is 71.9 Å². The minimum absolute atomic E-state index is 0.0616. The molecule has 2 aromatic rings. The normalized spacial score (nSPS) is 18.6. The Kier molecular flexibility index (Phi) is 8.21. The van der Waals surface area contributed by atoms with Crippen LogP contribution >= 0.6 is 0 Å². The van der Waals surface area contributed by atoms with E-state index in [9.17, 15) is 9.59 Å². The molecule has 2 aliphatic heterocycles. The molecule has 0 saturated carbocycles. The molecule has 1 fully saturated rings. The third-order valence-corrected chi connectivity index (χ3v) is 7.59. The van der Waals surface area contributed by atoms with E-state index in [4.69, 9.17) is 23.5 Å². The number of fused-ring (bicyclic) bond motifs is 1. The maximum atomic E-state index is 13.0. The molecule has 9 heteroatoms. The maximum absolute atomic E-state index is 13.0. The zero-order valence-electron chi connectivity index (χ0n) is 23.4. The van der Waals surface area contributed by atoms with Gasteiger partial charge in [0.1, 0.15) is 18.4 Å². The van der Waals surface area contributed by atoms with Gasteiger partial charge in [-0.2, -0.15) is 0 Å². The van der Waals surface area contributed by atoms with E-state index in [0.717, 1.165) is 16.6 Å². The first kappa shape index (κ1) is 28.1. The summed E-state index contributed by atoms with van der Waals surface area (Å²) >= 11 is 0. The van der Waals surface area contributed by atoms with Crippen LogP contribution < -0.4 is 10.2 Å². The van der Waals surface area contributed by atoms with Crippen LogP contribution in [0.15, 0.2) is 42.5 Å². The molecule has 2 aliphatic rings. The van der Waals surface area contributed by atoms with E-state index in [1.54, 1.807) is 11.0 Å². The number of rotatable bonds is 10. The van der Waals surface area contributed by atoms with Gasteiger partial charge in [-0.15, -0.1) is 0 Å². The summed E-state index contributed by atoms with van der Waals surface area (Å²) in [5, 5.41) is 0. The van der Waals surface area contributed by atoms with Crippen molar-refractivity contribution in [1.29, 1.82) is 0 Å². The van der Waals surface area contributed by atoms with Crippen molar-refractivity contribution in [3.05, 3.63) is 59.2 Å². The number of hydrogen-bond acceptors (Lipinski definition) is 7. The van der Waals surface area contributed by atoms with Crippen molar-refractivity contribution in [1.82, 2.24) is 4.90 Å². The van der Waals surface area contributed by atoms with Gasteiger partial charge >= 0.3 is 13.1 Å². The highest BCUT2D eigenvalue weighted by atomic mass is 16.7. The Labute approximate surface area is 225 Å². The zero-order valence-corrected chi connectivity index (χ0v) is 23.4. The van der Waals surface area contributed by atoms with Crippen LogP contribution in [-0.2, 0) is 36.7 Å². The smallest absolute Gasteiger partial charge is 0.491 e. The summed E-state index contributed by atoms with van der Waals surface area (Å²) in [5.74, 6) is -0.0609. The number of ether oxygens (including phenoxy) is 3. The van der Waals surface area contributed by atoms with E-state index >= 15 is 0 Å². The van der Waals surface area contributed by atoms with Gasteiger partial charge in [0.05, 0.1) is 31.5 Å². The second-order valence-electron chi connectivity index (χ2n) is 11.2. The molecule has 2 aromatic carbocycles. The fourth-order valence-electron chi connectivity index (χ4n) is 4.66. The first-order chi connectivity index (χ1) is 17.9. The lowest BCUT2D eigenvalue weighted by atomic mass is 9.79. The van der Waals surface area contributed by atoms with Crippen molar-refractivity contribution < 1.29 is 33.1 Å². The summed E-state index contributed by atoms with van der Waals surface area (Å²) in [6, 6.07) is 12.9. The van der Waals surface area contributed by atoms with Gasteiger partial charge < -0.3 is 28.4 Å². The lowest BCUT2D eigenvalue weighted by Crippen LogP contribution is -2.45. The third-order valence-electron chi connectivity index (χ3n) is 7.59. The molecular formula is C29H38BNO7. The van der Waals surface area contributed by atoms with E-state index < -0.39 is 12.0 Å². The molecule has 0 bridgehead atoms. The van der Waals surface area contributed by atoms with Crippen LogP contribution in [0.4, 0.5) is 0 Å². The number of amides is 1. The third kappa shape index (κ3) is 5.75. The Balaban J connectivity index is 1.25. The predicted molar refractivity (Wildman–Crippen MR) is 144 cm³/mol. The van der Waals surface area contributed by atoms with Gasteiger partial charge in [-0.25, -0.2) is 4.79 Å². The molecule has 204 valence electrons. The second kappa shape index (κ2) is 11.1. The number of esters is 1. The molecule has 0 unspecified atom stereocenters. The summed E-state index contributed by atoms with van der Waals surface area (Å²) in [6.45, 7) is 13.5. The number of nitrogens with zero attached hydrogens (tertiary/aromatic N) is 1. The topological polar surface area (TPSA) is 83.5 Å². The number of carbonyl (C=O) groups is 2. The Bertz CT molecular complexity index is 1150. The van der Waals surface area contributed by atoms with Gasteiger partial charge in [0, 0.05) is 12.1 Å². The summed E-state index contributed by atoms with van der Waals surface area (Å²) in [4.78, 5) is 26.9. The molecule has 1 amide bonds. The van der Waals surface area contributed by atoms with Gasteiger partial charge in [0.2, 0.25) is 0 Å². The monoisotopic (exact) mass is 523 g/mol. The molecule has 4 rings (SSSR count). The number of hydrogen-bond donors (Lipinski definition) is 0. The van der Waals surface area contributed by atoms with Crippen molar-refractivity contribution in [2.75, 3.05) is 20.3 Å². The second-order valence-corrected chi connectivity index (χ2v) is 11.2. The first-order valence-corrected chi connectivity index (χ1v) is 13.1. The Hall–Kier alpha value is -2.88. The average Bonchev–Trinajstić information content (AvgIpc) is 3.30. The van der Waals surface area contributed by atoms with E-state index in [2.05, 4.69) is 0 Å². The quantitative estimate of drug-likeness (QED) is 0.267. The largest absolute Gasteiger partial charge is 0.494 e. The van der Waals surface area contributed by atoms with Crippen LogP contribution in [0.25, 0.3) is 0 Å². The molecule has 1 atom stereocenters. The van der Waals surface area contributed by atoms with Gasteiger partial charge in [0.25, 0.3) is 5.91 Å². The first-order valence-electron chi connectivity index (χ1n) is 13.1. The van der Waals surface area contributed by atoms with Crippen molar-refractivity contribution in [3.8, 4) is 5.75 Å². The lowest BCUT2D eigenvalue weighted by Gasteiger charge is -2.32. The Morgan fingerprint density at radius 2 is 1.68 bits per heavy atom. The highest BCUT2D eigenvalue weighted by Gasteiger charge is 2.51. The fourth-order valence-corrected chi connectivity index (χ4v) is 4.66. The van der Waals surface area contributed by atoms with E-state index in [1.165, 1.54) is 7.11 Å². The van der Waals surface area contributed by atoms with E-state index in [-0.39, 0.29) is 30.1 Å². The SMILES string of the molecule is COC(=O)[C@H](C(C)C)N1Cc2ccc(OCCOCc3ccc(B4OC(C)(C)C(C)(C)O4)cc3)cc2C1=O. The Morgan fingerprint density at radius 3 is 2.29 bits per heavy atom. The molecule has 0 N–H and O–H groups in total. The van der Waals surface area contributed by atoms with E-state index in [0.29, 0.717) is 37.7 Å². The van der Waals surface area contributed by atoms with Gasteiger partial charge in [-0.3, -0.25) is 4.79 Å². The van der Waals surface area contributed by atoms with Crippen LogP contribution in [0, 0.1) is 5.92 Å². The summed E-state index contributed by atoms with van der Waals surface area (Å²) in [6.07, 6.45) is 0. The lowest BCUT2D eigenvalue weighted by molar-refractivity contribution is -0.147. The van der Waals surface area contributed by atoms with Crippen LogP contribution in [0.1, 0.15) is 63.0 Å². The molecule has 0 radical (unpaired) electrons. The number of methoxy groups -OCH3 is 1. The molecular weight excluding hydrogens is 485 g/mol. The molecule has 38 heavy (non-hydrogen) atoms.